The van der Waals surface area contributed by atoms with Gasteiger partial charge < -0.3 is 15.3 Å². The van der Waals surface area contributed by atoms with Crippen molar-refractivity contribution in [3.8, 4) is 0 Å². The number of carbonyl (C=O) groups is 2. The summed E-state index contributed by atoms with van der Waals surface area (Å²) in [5, 5.41) is 12.0. The Morgan fingerprint density at radius 1 is 1.29 bits per heavy atom. The number of hydrogen-bond donors (Lipinski definition) is 2. The predicted octanol–water partition coefficient (Wildman–Crippen LogP) is 2.64. The zero-order valence-corrected chi connectivity index (χ0v) is 12.5. The standard InChI is InChI=1S/C16H22N2O3/c1-11(2)18(10-12-8-9-12)16(21)17-14(15(19)20)13-6-4-3-5-7-13/h3-7,11-12,14H,8-10H2,1-2H3,(H,17,21)(H,19,20)/t14-/m0/s1. The van der Waals surface area contributed by atoms with Gasteiger partial charge in [-0.1, -0.05) is 30.3 Å². The van der Waals surface area contributed by atoms with E-state index in [1.165, 1.54) is 0 Å². The van der Waals surface area contributed by atoms with E-state index in [0.717, 1.165) is 12.8 Å². The molecule has 0 bridgehead atoms. The maximum atomic E-state index is 12.4. The van der Waals surface area contributed by atoms with E-state index in [1.54, 1.807) is 29.2 Å². The molecule has 1 aliphatic rings. The van der Waals surface area contributed by atoms with Crippen molar-refractivity contribution in [3.63, 3.8) is 0 Å². The predicted molar refractivity (Wildman–Crippen MR) is 79.9 cm³/mol. The van der Waals surface area contributed by atoms with Crippen LogP contribution in [-0.2, 0) is 4.79 Å². The van der Waals surface area contributed by atoms with Gasteiger partial charge in [0.15, 0.2) is 6.04 Å². The molecule has 0 spiro atoms. The van der Waals surface area contributed by atoms with E-state index in [-0.39, 0.29) is 12.1 Å². The molecule has 2 amide bonds. The van der Waals surface area contributed by atoms with E-state index < -0.39 is 12.0 Å². The summed E-state index contributed by atoms with van der Waals surface area (Å²) in [5.41, 5.74) is 0.577. The molecule has 5 nitrogen and oxygen atoms in total. The second-order valence-electron chi connectivity index (χ2n) is 5.82. The summed E-state index contributed by atoms with van der Waals surface area (Å²) in [6, 6.07) is 7.49. The van der Waals surface area contributed by atoms with E-state index in [1.807, 2.05) is 19.9 Å². The molecule has 1 aliphatic carbocycles. The quantitative estimate of drug-likeness (QED) is 0.846. The van der Waals surface area contributed by atoms with E-state index >= 15 is 0 Å². The number of rotatable bonds is 6. The molecule has 21 heavy (non-hydrogen) atoms. The molecule has 5 heteroatoms. The van der Waals surface area contributed by atoms with Crippen molar-refractivity contribution < 1.29 is 14.7 Å². The van der Waals surface area contributed by atoms with Crippen molar-refractivity contribution in [1.82, 2.24) is 10.2 Å². The summed E-state index contributed by atoms with van der Waals surface area (Å²) in [6.45, 7) is 4.59. The zero-order chi connectivity index (χ0) is 15.4. The molecule has 114 valence electrons. The molecule has 1 aromatic carbocycles. The molecular weight excluding hydrogens is 268 g/mol. The molecule has 1 atom stereocenters. The van der Waals surface area contributed by atoms with Gasteiger partial charge in [0.25, 0.3) is 0 Å². The van der Waals surface area contributed by atoms with Gasteiger partial charge >= 0.3 is 12.0 Å². The SMILES string of the molecule is CC(C)N(CC1CC1)C(=O)N[C@H](C(=O)O)c1ccccc1. The maximum absolute atomic E-state index is 12.4. The average molecular weight is 290 g/mol. The summed E-state index contributed by atoms with van der Waals surface area (Å²) < 4.78 is 0. The van der Waals surface area contributed by atoms with Crippen molar-refractivity contribution >= 4 is 12.0 Å². The largest absolute Gasteiger partial charge is 0.479 e. The van der Waals surface area contributed by atoms with Crippen molar-refractivity contribution in [2.24, 2.45) is 5.92 Å². The van der Waals surface area contributed by atoms with Crippen molar-refractivity contribution in [2.75, 3.05) is 6.54 Å². The van der Waals surface area contributed by atoms with Crippen LogP contribution in [-0.4, -0.2) is 34.6 Å². The maximum Gasteiger partial charge on any atom is 0.330 e. The minimum Gasteiger partial charge on any atom is -0.479 e. The van der Waals surface area contributed by atoms with Gasteiger partial charge in [-0.05, 0) is 38.2 Å². The van der Waals surface area contributed by atoms with Crippen molar-refractivity contribution in [3.05, 3.63) is 35.9 Å². The number of amides is 2. The number of nitrogens with zero attached hydrogens (tertiary/aromatic N) is 1. The lowest BCUT2D eigenvalue weighted by atomic mass is 10.1. The van der Waals surface area contributed by atoms with Gasteiger partial charge in [-0.15, -0.1) is 0 Å². The number of urea groups is 1. The Balaban J connectivity index is 2.08. The summed E-state index contributed by atoms with van der Waals surface area (Å²) in [7, 11) is 0. The lowest BCUT2D eigenvalue weighted by molar-refractivity contribution is -0.139. The highest BCUT2D eigenvalue weighted by Crippen LogP contribution is 2.30. The minimum absolute atomic E-state index is 0.0517. The molecular formula is C16H22N2O3. The first-order chi connectivity index (χ1) is 9.99. The molecule has 0 aliphatic heterocycles. The zero-order valence-electron chi connectivity index (χ0n) is 12.5. The van der Waals surface area contributed by atoms with Crippen LogP contribution in [0.3, 0.4) is 0 Å². The number of nitrogens with one attached hydrogen (secondary N) is 1. The van der Waals surface area contributed by atoms with Crippen LogP contribution in [0.2, 0.25) is 0 Å². The number of aliphatic carboxylic acids is 1. The number of carboxylic acids is 1. The monoisotopic (exact) mass is 290 g/mol. The Bertz CT molecular complexity index is 498. The first-order valence-electron chi connectivity index (χ1n) is 7.34. The second-order valence-corrected chi connectivity index (χ2v) is 5.82. The van der Waals surface area contributed by atoms with E-state index in [4.69, 9.17) is 0 Å². The molecule has 0 unspecified atom stereocenters. The molecule has 2 rings (SSSR count). The third-order valence-corrected chi connectivity index (χ3v) is 3.68. The second kappa shape index (κ2) is 6.61. The topological polar surface area (TPSA) is 69.6 Å². The van der Waals surface area contributed by atoms with E-state index in [9.17, 15) is 14.7 Å². The molecule has 1 fully saturated rings. The first-order valence-corrected chi connectivity index (χ1v) is 7.34. The lowest BCUT2D eigenvalue weighted by Crippen LogP contribution is -2.47. The van der Waals surface area contributed by atoms with Crippen LogP contribution in [0.15, 0.2) is 30.3 Å². The molecule has 1 aromatic rings. The van der Waals surface area contributed by atoms with Crippen LogP contribution in [0.5, 0.6) is 0 Å². The molecule has 0 radical (unpaired) electrons. The number of benzene rings is 1. The van der Waals surface area contributed by atoms with E-state index in [2.05, 4.69) is 5.32 Å². The van der Waals surface area contributed by atoms with Crippen LogP contribution >= 0.6 is 0 Å². The number of hydrogen-bond acceptors (Lipinski definition) is 2. The van der Waals surface area contributed by atoms with Crippen LogP contribution in [0, 0.1) is 5.92 Å². The summed E-state index contributed by atoms with van der Waals surface area (Å²) in [4.78, 5) is 25.5. The Hall–Kier alpha value is -2.04. The van der Waals surface area contributed by atoms with Crippen molar-refractivity contribution in [2.45, 2.75) is 38.8 Å². The van der Waals surface area contributed by atoms with Gasteiger partial charge in [0.1, 0.15) is 0 Å². The molecule has 0 aromatic heterocycles. The smallest absolute Gasteiger partial charge is 0.330 e. The fourth-order valence-corrected chi connectivity index (χ4v) is 2.25. The van der Waals surface area contributed by atoms with Crippen LogP contribution < -0.4 is 5.32 Å². The first kappa shape index (κ1) is 15.4. The summed E-state index contributed by atoms with van der Waals surface area (Å²) in [5.74, 6) is -0.483. The Morgan fingerprint density at radius 3 is 2.38 bits per heavy atom. The molecule has 0 saturated heterocycles. The minimum atomic E-state index is -1.05. The highest BCUT2D eigenvalue weighted by atomic mass is 16.4. The third-order valence-electron chi connectivity index (χ3n) is 3.68. The molecule has 1 saturated carbocycles. The molecule has 0 heterocycles. The van der Waals surface area contributed by atoms with Gasteiger partial charge in [-0.2, -0.15) is 0 Å². The fraction of sp³-hybridized carbons (Fsp3) is 0.500. The Kier molecular flexibility index (Phi) is 4.83. The number of carboxylic acid groups (broad SMARTS) is 1. The van der Waals surface area contributed by atoms with Gasteiger partial charge in [0.2, 0.25) is 0 Å². The van der Waals surface area contributed by atoms with Gasteiger partial charge in [-0.25, -0.2) is 9.59 Å². The Morgan fingerprint density at radius 2 is 1.90 bits per heavy atom. The van der Waals surface area contributed by atoms with Gasteiger partial charge in [-0.3, -0.25) is 0 Å². The van der Waals surface area contributed by atoms with Crippen molar-refractivity contribution in [1.29, 1.82) is 0 Å². The third kappa shape index (κ3) is 4.21. The summed E-state index contributed by atoms with van der Waals surface area (Å²) in [6.07, 6.45) is 2.30. The average Bonchev–Trinajstić information content (AvgIpc) is 3.26. The summed E-state index contributed by atoms with van der Waals surface area (Å²) >= 11 is 0. The fourth-order valence-electron chi connectivity index (χ4n) is 2.25. The van der Waals surface area contributed by atoms with Crippen LogP contribution in [0.4, 0.5) is 4.79 Å². The highest BCUT2D eigenvalue weighted by Gasteiger charge is 2.30. The van der Waals surface area contributed by atoms with Gasteiger partial charge in [0, 0.05) is 12.6 Å². The van der Waals surface area contributed by atoms with Crippen LogP contribution in [0.25, 0.3) is 0 Å². The highest BCUT2D eigenvalue weighted by molar-refractivity contribution is 5.83. The molecule has 2 N–H and O–H groups in total. The van der Waals surface area contributed by atoms with Crippen LogP contribution in [0.1, 0.15) is 38.3 Å². The lowest BCUT2D eigenvalue weighted by Gasteiger charge is -2.28. The van der Waals surface area contributed by atoms with Gasteiger partial charge in [0.05, 0.1) is 0 Å². The van der Waals surface area contributed by atoms with E-state index in [0.29, 0.717) is 18.0 Å². The normalized spacial score (nSPS) is 15.6. The number of carbonyl (C=O) groups excluding carboxylic acids is 1. The Labute approximate surface area is 125 Å².